The highest BCUT2D eigenvalue weighted by atomic mass is 32.2. The second-order valence-corrected chi connectivity index (χ2v) is 10.9. The molecule has 3 heterocycles. The molecule has 2 aliphatic rings. The summed E-state index contributed by atoms with van der Waals surface area (Å²) < 4.78 is 72.5. The fraction of sp³-hybridized carbons (Fsp3) is 0.435. The van der Waals surface area contributed by atoms with E-state index < -0.39 is 43.7 Å². The lowest BCUT2D eigenvalue weighted by Gasteiger charge is -2.40. The van der Waals surface area contributed by atoms with Crippen molar-refractivity contribution in [1.29, 1.82) is 0 Å². The van der Waals surface area contributed by atoms with Crippen LogP contribution in [-0.2, 0) is 9.84 Å². The number of sulfone groups is 1. The van der Waals surface area contributed by atoms with Crippen molar-refractivity contribution >= 4 is 21.5 Å². The maximum absolute atomic E-state index is 15.0. The van der Waals surface area contributed by atoms with Crippen molar-refractivity contribution in [3.63, 3.8) is 0 Å². The van der Waals surface area contributed by atoms with Gasteiger partial charge < -0.3 is 10.5 Å². The molecule has 1 aromatic heterocycles. The molecule has 0 aromatic carbocycles. The topological polar surface area (TPSA) is 108 Å². The Morgan fingerprint density at radius 1 is 1.32 bits per heavy atom. The average molecular weight is 497 g/mol. The van der Waals surface area contributed by atoms with Gasteiger partial charge in [0.2, 0.25) is 5.88 Å². The van der Waals surface area contributed by atoms with Crippen LogP contribution < -0.4 is 10.5 Å². The number of rotatable bonds is 8. The van der Waals surface area contributed by atoms with Crippen LogP contribution in [0.1, 0.15) is 39.3 Å². The van der Waals surface area contributed by atoms with Gasteiger partial charge >= 0.3 is 0 Å². The number of fused-ring (bicyclic) bond motifs is 2. The molecule has 1 saturated heterocycles. The molecule has 0 amide bonds. The summed E-state index contributed by atoms with van der Waals surface area (Å²) in [4.78, 5) is 12.1. The zero-order valence-electron chi connectivity index (χ0n) is 19.2. The van der Waals surface area contributed by atoms with Gasteiger partial charge in [-0.15, -0.1) is 0 Å². The summed E-state index contributed by atoms with van der Waals surface area (Å²) in [5.74, 6) is -1.63. The van der Waals surface area contributed by atoms with E-state index in [0.717, 1.165) is 12.2 Å². The molecule has 0 spiro atoms. The third-order valence-electron chi connectivity index (χ3n) is 6.30. The van der Waals surface area contributed by atoms with Gasteiger partial charge in [-0.3, -0.25) is 4.99 Å². The lowest BCUT2D eigenvalue weighted by atomic mass is 9.87. The van der Waals surface area contributed by atoms with Crippen LogP contribution in [0.4, 0.5) is 13.2 Å². The standard InChI is InChI=1S/C23H27F3N4O3S/c1-5-33-20-12-28-18(11-29-20)17(26)10-14(2)6-7-16(25)15(3)22(4)19-8-9-23(13-24,21(27)30-22)34(19,31)32/h6-7,10-12,19H,3,5,8-9,13H2,1-2,4H3,(H2,27,30)/b14-6+,16-7+,17-10-/t19-,22+,23-/m0/s1. The number of aliphatic imine (C=N–C) groups is 1. The minimum absolute atomic E-state index is 0.0163. The zero-order chi connectivity index (χ0) is 25.3. The van der Waals surface area contributed by atoms with Crippen molar-refractivity contribution < 1.29 is 26.3 Å². The van der Waals surface area contributed by atoms with Gasteiger partial charge in [0.15, 0.2) is 20.4 Å². The number of alkyl halides is 1. The number of nitrogens with zero attached hydrogens (tertiary/aromatic N) is 3. The van der Waals surface area contributed by atoms with Gasteiger partial charge in [-0.25, -0.2) is 31.6 Å². The zero-order valence-corrected chi connectivity index (χ0v) is 20.0. The van der Waals surface area contributed by atoms with Crippen molar-refractivity contribution in [2.45, 2.75) is 49.1 Å². The first-order valence-corrected chi connectivity index (χ1v) is 12.2. The first-order valence-electron chi connectivity index (χ1n) is 10.6. The van der Waals surface area contributed by atoms with Crippen LogP contribution in [-0.4, -0.2) is 53.0 Å². The molecule has 1 aromatic rings. The largest absolute Gasteiger partial charge is 0.477 e. The second kappa shape index (κ2) is 9.36. The Morgan fingerprint density at radius 3 is 2.62 bits per heavy atom. The van der Waals surface area contributed by atoms with Crippen LogP contribution in [0.25, 0.3) is 5.83 Å². The number of hydrogen-bond acceptors (Lipinski definition) is 7. The number of amidine groups is 1. The Labute approximate surface area is 197 Å². The van der Waals surface area contributed by atoms with Crippen molar-refractivity contribution in [3.8, 4) is 5.88 Å². The summed E-state index contributed by atoms with van der Waals surface area (Å²) in [5, 5.41) is -1.14. The van der Waals surface area contributed by atoms with Gasteiger partial charge in [0.25, 0.3) is 0 Å². The molecule has 3 rings (SSSR count). The van der Waals surface area contributed by atoms with Gasteiger partial charge in [0, 0.05) is 5.57 Å². The molecule has 0 aliphatic carbocycles. The molecule has 34 heavy (non-hydrogen) atoms. The fourth-order valence-corrected chi connectivity index (χ4v) is 6.88. The van der Waals surface area contributed by atoms with E-state index in [4.69, 9.17) is 10.5 Å². The van der Waals surface area contributed by atoms with E-state index in [1.165, 1.54) is 25.4 Å². The molecule has 2 aliphatic heterocycles. The van der Waals surface area contributed by atoms with Crippen molar-refractivity contribution in [3.05, 3.63) is 59.9 Å². The lowest BCUT2D eigenvalue weighted by Crippen LogP contribution is -2.59. The SMILES string of the molecule is C=C(\C(F)=C/C=C(C)/C=C(\F)c1cnc(OCC)cn1)[C@@]1(C)N=C(N)[C@@]2(CF)CC[C@@H]1S2(=O)=O. The molecule has 3 atom stereocenters. The van der Waals surface area contributed by atoms with Crippen LogP contribution in [0.5, 0.6) is 5.88 Å². The van der Waals surface area contributed by atoms with Crippen LogP contribution in [0.2, 0.25) is 0 Å². The number of ether oxygens (including phenoxy) is 1. The summed E-state index contributed by atoms with van der Waals surface area (Å²) in [7, 11) is -4.04. The minimum Gasteiger partial charge on any atom is -0.477 e. The van der Waals surface area contributed by atoms with Crippen molar-refractivity contribution in [1.82, 2.24) is 9.97 Å². The number of nitrogens with two attached hydrogens (primary N) is 1. The van der Waals surface area contributed by atoms with E-state index in [0.29, 0.717) is 12.2 Å². The van der Waals surface area contributed by atoms with E-state index in [2.05, 4.69) is 21.5 Å². The molecule has 2 bridgehead atoms. The van der Waals surface area contributed by atoms with Gasteiger partial charge in [0.05, 0.1) is 24.3 Å². The summed E-state index contributed by atoms with van der Waals surface area (Å²) in [6.45, 7) is 7.68. The number of allylic oxidation sites excluding steroid dienone is 4. The Bertz CT molecular complexity index is 1210. The number of hydrogen-bond donors (Lipinski definition) is 1. The highest BCUT2D eigenvalue weighted by molar-refractivity contribution is 7.94. The Hall–Kier alpha value is -2.95. The van der Waals surface area contributed by atoms with E-state index >= 15 is 4.39 Å². The van der Waals surface area contributed by atoms with Gasteiger partial charge in [-0.2, -0.15) is 0 Å². The van der Waals surface area contributed by atoms with Gasteiger partial charge in [0.1, 0.15) is 29.6 Å². The maximum Gasteiger partial charge on any atom is 0.232 e. The molecule has 0 unspecified atom stereocenters. The van der Waals surface area contributed by atoms with Crippen LogP contribution in [0, 0.1) is 0 Å². The molecular weight excluding hydrogens is 469 g/mol. The minimum atomic E-state index is -4.04. The van der Waals surface area contributed by atoms with Crippen LogP contribution in [0.15, 0.2) is 59.2 Å². The van der Waals surface area contributed by atoms with E-state index in [1.54, 1.807) is 13.8 Å². The predicted octanol–water partition coefficient (Wildman–Crippen LogP) is 3.96. The fourth-order valence-electron chi connectivity index (χ4n) is 4.22. The van der Waals surface area contributed by atoms with Crippen LogP contribution >= 0.6 is 0 Å². The van der Waals surface area contributed by atoms with E-state index in [1.807, 2.05) is 0 Å². The van der Waals surface area contributed by atoms with E-state index in [9.17, 15) is 17.2 Å². The molecule has 184 valence electrons. The summed E-state index contributed by atoms with van der Waals surface area (Å²) in [6, 6.07) is 0. The molecule has 11 heteroatoms. The quantitative estimate of drug-likeness (QED) is 0.546. The average Bonchev–Trinajstić information content (AvgIpc) is 3.00. The second-order valence-electron chi connectivity index (χ2n) is 8.41. The lowest BCUT2D eigenvalue weighted by molar-refractivity contribution is 0.325. The van der Waals surface area contributed by atoms with Gasteiger partial charge in [-0.1, -0.05) is 12.7 Å². The molecule has 2 N–H and O–H groups in total. The highest BCUT2D eigenvalue weighted by Crippen LogP contribution is 2.50. The smallest absolute Gasteiger partial charge is 0.232 e. The molecular formula is C23H27F3N4O3S. The number of halogens is 3. The maximum atomic E-state index is 15.0. The normalized spacial score (nSPS) is 29.1. The first-order chi connectivity index (χ1) is 15.9. The number of aromatic nitrogens is 2. The van der Waals surface area contributed by atoms with Gasteiger partial charge in [-0.05, 0) is 51.3 Å². The summed E-state index contributed by atoms with van der Waals surface area (Å²) in [5.41, 5.74) is 4.41. The Kier molecular flexibility index (Phi) is 7.07. The van der Waals surface area contributed by atoms with Crippen LogP contribution in [0.3, 0.4) is 0 Å². The first kappa shape index (κ1) is 25.7. The molecule has 0 radical (unpaired) electrons. The predicted molar refractivity (Wildman–Crippen MR) is 125 cm³/mol. The molecule has 7 nitrogen and oxygen atoms in total. The highest BCUT2D eigenvalue weighted by Gasteiger charge is 2.65. The molecule has 1 fully saturated rings. The Balaban J connectivity index is 1.84. The molecule has 0 saturated carbocycles. The van der Waals surface area contributed by atoms with E-state index in [-0.39, 0.29) is 35.8 Å². The Morgan fingerprint density at radius 2 is 2.03 bits per heavy atom. The third kappa shape index (κ3) is 4.17. The summed E-state index contributed by atoms with van der Waals surface area (Å²) in [6.07, 6.45) is 6.07. The third-order valence-corrected chi connectivity index (χ3v) is 9.36. The van der Waals surface area contributed by atoms with Crippen molar-refractivity contribution in [2.24, 2.45) is 10.7 Å². The van der Waals surface area contributed by atoms with Crippen molar-refractivity contribution in [2.75, 3.05) is 13.3 Å². The summed E-state index contributed by atoms with van der Waals surface area (Å²) >= 11 is 0. The monoisotopic (exact) mass is 496 g/mol.